The number of aryl methyl sites for hydroxylation is 1. The van der Waals surface area contributed by atoms with E-state index in [2.05, 4.69) is 15.6 Å². The molecule has 1 aromatic heterocycles. The minimum Gasteiger partial charge on any atom is -0.481 e. The Balaban J connectivity index is 1.61. The van der Waals surface area contributed by atoms with Crippen molar-refractivity contribution in [3.63, 3.8) is 0 Å². The van der Waals surface area contributed by atoms with Crippen molar-refractivity contribution in [2.75, 3.05) is 10.6 Å². The topological polar surface area (TPSA) is 108 Å². The van der Waals surface area contributed by atoms with Crippen LogP contribution in [0.15, 0.2) is 46.7 Å². The summed E-state index contributed by atoms with van der Waals surface area (Å²) in [6.45, 7) is 3.67. The van der Waals surface area contributed by atoms with E-state index in [0.717, 1.165) is 10.6 Å². The minimum atomic E-state index is -0.959. The van der Waals surface area contributed by atoms with Crippen molar-refractivity contribution in [1.82, 2.24) is 4.98 Å². The molecule has 3 N–H and O–H groups in total. The van der Waals surface area contributed by atoms with Gasteiger partial charge in [0.2, 0.25) is 11.8 Å². The van der Waals surface area contributed by atoms with Crippen molar-refractivity contribution < 1.29 is 19.5 Å². The van der Waals surface area contributed by atoms with E-state index in [1.165, 1.54) is 23.1 Å². The first kappa shape index (κ1) is 22.0. The molecule has 0 saturated heterocycles. The second-order valence-corrected chi connectivity index (χ2v) is 9.33. The lowest BCUT2D eigenvalue weighted by atomic mass is 9.82. The lowest BCUT2D eigenvalue weighted by Gasteiger charge is -2.24. The monoisotopic (exact) mass is 445 g/mol. The Morgan fingerprint density at radius 1 is 1.20 bits per heavy atom. The number of hydrogen-bond acceptors (Lipinski definition) is 6. The number of thiazole rings is 1. The fourth-order valence-corrected chi connectivity index (χ4v) is 4.75. The van der Waals surface area contributed by atoms with E-state index < -0.39 is 17.8 Å². The molecule has 0 spiro atoms. The van der Waals surface area contributed by atoms with Gasteiger partial charge in [0.15, 0.2) is 5.13 Å². The number of nitrogens with zero attached hydrogens (tertiary/aromatic N) is 1. The van der Waals surface area contributed by atoms with Crippen LogP contribution in [0.2, 0.25) is 0 Å². The molecule has 7 nitrogen and oxygen atoms in total. The lowest BCUT2D eigenvalue weighted by Crippen LogP contribution is -2.34. The number of nitrogens with one attached hydrogen (secondary N) is 2. The Morgan fingerprint density at radius 3 is 2.60 bits per heavy atom. The molecule has 0 aliphatic heterocycles. The SMILES string of the molecule is Cc1csc(NC(=O)C(C)Sc2cccc(NC(=O)C3CC=CCC3C(=O)O)c2)n1. The molecule has 30 heavy (non-hydrogen) atoms. The summed E-state index contributed by atoms with van der Waals surface area (Å²) >= 11 is 2.75. The average Bonchev–Trinajstić information content (AvgIpc) is 3.12. The van der Waals surface area contributed by atoms with Gasteiger partial charge in [-0.05, 0) is 44.9 Å². The number of carbonyl (C=O) groups excluding carboxylic acids is 2. The van der Waals surface area contributed by atoms with Crippen LogP contribution in [0.4, 0.5) is 10.8 Å². The van der Waals surface area contributed by atoms with Gasteiger partial charge in [-0.3, -0.25) is 14.4 Å². The highest BCUT2D eigenvalue weighted by molar-refractivity contribution is 8.00. The zero-order valence-corrected chi connectivity index (χ0v) is 18.3. The summed E-state index contributed by atoms with van der Waals surface area (Å²) in [7, 11) is 0. The highest BCUT2D eigenvalue weighted by Crippen LogP contribution is 2.30. The molecule has 0 fully saturated rings. The van der Waals surface area contributed by atoms with Crippen LogP contribution in [0.25, 0.3) is 0 Å². The maximum atomic E-state index is 12.6. The predicted octanol–water partition coefficient (Wildman–Crippen LogP) is 4.18. The molecule has 2 aromatic rings. The summed E-state index contributed by atoms with van der Waals surface area (Å²) in [5.41, 5.74) is 1.43. The van der Waals surface area contributed by atoms with Gasteiger partial charge in [-0.15, -0.1) is 23.1 Å². The molecular weight excluding hydrogens is 422 g/mol. The van der Waals surface area contributed by atoms with Crippen LogP contribution in [0.3, 0.4) is 0 Å². The fraction of sp³-hybridized carbons (Fsp3) is 0.333. The molecule has 0 saturated carbocycles. The quantitative estimate of drug-likeness (QED) is 0.436. The Bertz CT molecular complexity index is 973. The average molecular weight is 446 g/mol. The van der Waals surface area contributed by atoms with Crippen LogP contribution >= 0.6 is 23.1 Å². The van der Waals surface area contributed by atoms with Crippen LogP contribution in [-0.4, -0.2) is 33.1 Å². The van der Waals surface area contributed by atoms with Gasteiger partial charge in [0.25, 0.3) is 0 Å². The van der Waals surface area contributed by atoms with Gasteiger partial charge in [0, 0.05) is 16.0 Å². The highest BCUT2D eigenvalue weighted by atomic mass is 32.2. The number of aliphatic carboxylic acids is 1. The first-order valence-electron chi connectivity index (χ1n) is 9.52. The maximum absolute atomic E-state index is 12.6. The van der Waals surface area contributed by atoms with Gasteiger partial charge in [-0.25, -0.2) is 4.98 Å². The van der Waals surface area contributed by atoms with Crippen LogP contribution in [-0.2, 0) is 14.4 Å². The molecule has 3 atom stereocenters. The Hall–Kier alpha value is -2.65. The normalized spacial score (nSPS) is 19.1. The van der Waals surface area contributed by atoms with Gasteiger partial charge < -0.3 is 15.7 Å². The molecule has 2 amide bonds. The van der Waals surface area contributed by atoms with Gasteiger partial charge in [-0.1, -0.05) is 18.2 Å². The van der Waals surface area contributed by atoms with Crippen molar-refractivity contribution in [3.05, 3.63) is 47.5 Å². The molecule has 1 heterocycles. The molecule has 1 aliphatic carbocycles. The molecule has 3 unspecified atom stereocenters. The number of benzene rings is 1. The van der Waals surface area contributed by atoms with Crippen molar-refractivity contribution >= 4 is 51.7 Å². The standard InChI is InChI=1S/C21H23N3O4S2/c1-12-11-29-21(22-12)24-18(25)13(2)30-15-7-5-6-14(10-15)23-19(26)16-8-3-4-9-17(16)20(27)28/h3-7,10-11,13,16-17H,8-9H2,1-2H3,(H,23,26)(H,27,28)(H,22,24,25). The zero-order valence-electron chi connectivity index (χ0n) is 16.6. The summed E-state index contributed by atoms with van der Waals surface area (Å²) in [5, 5.41) is 17.1. The summed E-state index contributed by atoms with van der Waals surface area (Å²) in [6.07, 6.45) is 4.42. The summed E-state index contributed by atoms with van der Waals surface area (Å²) in [5.74, 6) is -2.74. The van der Waals surface area contributed by atoms with Crippen LogP contribution in [0.1, 0.15) is 25.5 Å². The number of hydrogen-bond donors (Lipinski definition) is 3. The number of carboxylic acid groups (broad SMARTS) is 1. The molecular formula is C21H23N3O4S2. The second-order valence-electron chi connectivity index (χ2n) is 7.05. The molecule has 3 rings (SSSR count). The van der Waals surface area contributed by atoms with Crippen molar-refractivity contribution in [2.24, 2.45) is 11.8 Å². The second kappa shape index (κ2) is 9.90. The van der Waals surface area contributed by atoms with Crippen LogP contribution in [0, 0.1) is 18.8 Å². The van der Waals surface area contributed by atoms with Crippen molar-refractivity contribution in [1.29, 1.82) is 0 Å². The van der Waals surface area contributed by atoms with Gasteiger partial charge in [0.1, 0.15) is 0 Å². The number of allylic oxidation sites excluding steroid dienone is 2. The van der Waals surface area contributed by atoms with Crippen LogP contribution in [0.5, 0.6) is 0 Å². The first-order valence-corrected chi connectivity index (χ1v) is 11.3. The summed E-state index contributed by atoms with van der Waals surface area (Å²) in [6, 6.07) is 7.19. The number of thioether (sulfide) groups is 1. The summed E-state index contributed by atoms with van der Waals surface area (Å²) < 4.78 is 0. The number of anilines is 2. The molecule has 9 heteroatoms. The lowest BCUT2D eigenvalue weighted by molar-refractivity contribution is -0.146. The van der Waals surface area contributed by atoms with E-state index in [4.69, 9.17) is 0 Å². The Morgan fingerprint density at radius 2 is 1.93 bits per heavy atom. The van der Waals surface area contributed by atoms with E-state index in [0.29, 0.717) is 23.7 Å². The Kier molecular flexibility index (Phi) is 7.28. The van der Waals surface area contributed by atoms with E-state index in [1.54, 1.807) is 31.2 Å². The minimum absolute atomic E-state index is 0.151. The van der Waals surface area contributed by atoms with Gasteiger partial charge in [0.05, 0.1) is 22.8 Å². The largest absolute Gasteiger partial charge is 0.481 e. The molecule has 158 valence electrons. The molecule has 0 bridgehead atoms. The smallest absolute Gasteiger partial charge is 0.307 e. The first-order chi connectivity index (χ1) is 14.3. The third kappa shape index (κ3) is 5.70. The van der Waals surface area contributed by atoms with E-state index >= 15 is 0 Å². The van der Waals surface area contributed by atoms with E-state index in [-0.39, 0.29) is 17.1 Å². The number of carbonyl (C=O) groups is 3. The third-order valence-electron chi connectivity index (χ3n) is 4.72. The fourth-order valence-electron chi connectivity index (χ4n) is 3.14. The molecule has 1 aromatic carbocycles. The molecule has 1 aliphatic rings. The third-order valence-corrected chi connectivity index (χ3v) is 6.69. The van der Waals surface area contributed by atoms with Gasteiger partial charge in [-0.2, -0.15) is 0 Å². The number of amides is 2. The number of rotatable bonds is 7. The van der Waals surface area contributed by atoms with Crippen molar-refractivity contribution in [3.8, 4) is 0 Å². The van der Waals surface area contributed by atoms with E-state index in [9.17, 15) is 19.5 Å². The molecule has 0 radical (unpaired) electrons. The van der Waals surface area contributed by atoms with Gasteiger partial charge >= 0.3 is 5.97 Å². The maximum Gasteiger partial charge on any atom is 0.307 e. The van der Waals surface area contributed by atoms with Crippen LogP contribution < -0.4 is 10.6 Å². The summed E-state index contributed by atoms with van der Waals surface area (Å²) in [4.78, 5) is 41.5. The highest BCUT2D eigenvalue weighted by Gasteiger charge is 2.34. The number of carboxylic acids is 1. The Labute approximate surface area is 183 Å². The number of aromatic nitrogens is 1. The predicted molar refractivity (Wildman–Crippen MR) is 119 cm³/mol. The van der Waals surface area contributed by atoms with E-state index in [1.807, 2.05) is 24.4 Å². The zero-order chi connectivity index (χ0) is 21.7. The van der Waals surface area contributed by atoms with Crippen molar-refractivity contribution in [2.45, 2.75) is 36.8 Å².